The standard InChI is InChI=1S/C22H29N9/c1-28-15-11-26-22(28)18-30(19-31-14-4-8-27-31)13-5-12-29(17-21-24-9-10-25-21)16-20-6-2-3-7-23-20/h2-4,6-11,14-15H,5,12-13,16-19H2,1H3,(H,24,25). The lowest BCUT2D eigenvalue weighted by molar-refractivity contribution is 0.169. The molecule has 4 aromatic heterocycles. The largest absolute Gasteiger partial charge is 0.348 e. The molecule has 0 aliphatic rings. The minimum Gasteiger partial charge on any atom is -0.348 e. The first-order valence-electron chi connectivity index (χ1n) is 10.5. The summed E-state index contributed by atoms with van der Waals surface area (Å²) in [5, 5.41) is 4.37. The quantitative estimate of drug-likeness (QED) is 0.379. The number of rotatable bonds is 12. The van der Waals surface area contributed by atoms with Crippen molar-refractivity contribution in [3.8, 4) is 0 Å². The molecule has 0 atom stereocenters. The van der Waals surface area contributed by atoms with Gasteiger partial charge in [0, 0.05) is 70.1 Å². The predicted octanol–water partition coefficient (Wildman–Crippen LogP) is 2.29. The van der Waals surface area contributed by atoms with E-state index >= 15 is 0 Å². The Kier molecular flexibility index (Phi) is 7.20. The first-order valence-corrected chi connectivity index (χ1v) is 10.5. The van der Waals surface area contributed by atoms with Crippen LogP contribution in [0.2, 0.25) is 0 Å². The highest BCUT2D eigenvalue weighted by Gasteiger charge is 2.13. The molecule has 4 rings (SSSR count). The van der Waals surface area contributed by atoms with Crippen molar-refractivity contribution in [3.63, 3.8) is 0 Å². The van der Waals surface area contributed by atoms with Crippen LogP contribution in [0.5, 0.6) is 0 Å². The normalized spacial score (nSPS) is 11.6. The van der Waals surface area contributed by atoms with Crippen LogP contribution in [0, 0.1) is 0 Å². The second-order valence-corrected chi connectivity index (χ2v) is 7.62. The predicted molar refractivity (Wildman–Crippen MR) is 117 cm³/mol. The molecule has 0 aromatic carbocycles. The summed E-state index contributed by atoms with van der Waals surface area (Å²) in [6, 6.07) is 8.01. The molecule has 0 bridgehead atoms. The fourth-order valence-corrected chi connectivity index (χ4v) is 3.59. The first-order chi connectivity index (χ1) is 15.3. The molecule has 0 spiro atoms. The molecule has 0 aliphatic heterocycles. The van der Waals surface area contributed by atoms with Crippen molar-refractivity contribution in [3.05, 3.63) is 85.0 Å². The van der Waals surface area contributed by atoms with Crippen LogP contribution in [-0.4, -0.2) is 57.2 Å². The fraction of sp³-hybridized carbons (Fsp3) is 0.364. The minimum absolute atomic E-state index is 0.734. The summed E-state index contributed by atoms with van der Waals surface area (Å²) in [5.41, 5.74) is 1.07. The van der Waals surface area contributed by atoms with E-state index in [0.29, 0.717) is 0 Å². The second-order valence-electron chi connectivity index (χ2n) is 7.62. The second kappa shape index (κ2) is 10.6. The van der Waals surface area contributed by atoms with Crippen LogP contribution < -0.4 is 0 Å². The molecular formula is C22H29N9. The molecule has 0 radical (unpaired) electrons. The number of aryl methyl sites for hydroxylation is 1. The molecule has 1 N–H and O–H groups in total. The van der Waals surface area contributed by atoms with Crippen molar-refractivity contribution in [1.29, 1.82) is 0 Å². The summed E-state index contributed by atoms with van der Waals surface area (Å²) in [5.74, 6) is 2.02. The molecule has 9 nitrogen and oxygen atoms in total. The van der Waals surface area contributed by atoms with Gasteiger partial charge in [-0.1, -0.05) is 6.07 Å². The monoisotopic (exact) mass is 419 g/mol. The van der Waals surface area contributed by atoms with Crippen molar-refractivity contribution in [2.24, 2.45) is 7.05 Å². The van der Waals surface area contributed by atoms with E-state index in [4.69, 9.17) is 0 Å². The van der Waals surface area contributed by atoms with Crippen LogP contribution in [0.4, 0.5) is 0 Å². The van der Waals surface area contributed by atoms with Gasteiger partial charge in [0.05, 0.1) is 25.5 Å². The lowest BCUT2D eigenvalue weighted by Gasteiger charge is -2.25. The van der Waals surface area contributed by atoms with E-state index in [1.54, 1.807) is 6.20 Å². The van der Waals surface area contributed by atoms with Gasteiger partial charge in [0.1, 0.15) is 11.6 Å². The van der Waals surface area contributed by atoms with E-state index < -0.39 is 0 Å². The maximum absolute atomic E-state index is 4.50. The molecule has 0 saturated carbocycles. The van der Waals surface area contributed by atoms with Crippen LogP contribution in [0.1, 0.15) is 23.8 Å². The van der Waals surface area contributed by atoms with Gasteiger partial charge in [0.2, 0.25) is 0 Å². The van der Waals surface area contributed by atoms with Crippen LogP contribution in [0.25, 0.3) is 0 Å². The summed E-state index contributed by atoms with van der Waals surface area (Å²) < 4.78 is 4.03. The number of nitrogens with zero attached hydrogens (tertiary/aromatic N) is 8. The number of nitrogens with one attached hydrogen (secondary N) is 1. The number of pyridine rings is 1. The van der Waals surface area contributed by atoms with Gasteiger partial charge >= 0.3 is 0 Å². The average Bonchev–Trinajstić information content (AvgIpc) is 3.54. The Hall–Kier alpha value is -3.30. The molecule has 4 aromatic rings. The lowest BCUT2D eigenvalue weighted by Crippen LogP contribution is -2.32. The van der Waals surface area contributed by atoms with E-state index in [0.717, 1.165) is 63.2 Å². The Bertz CT molecular complexity index is 993. The molecule has 31 heavy (non-hydrogen) atoms. The molecule has 0 unspecified atom stereocenters. The maximum Gasteiger partial charge on any atom is 0.122 e. The van der Waals surface area contributed by atoms with E-state index in [1.807, 2.05) is 67.1 Å². The SMILES string of the molecule is Cn1ccnc1CN(CCCN(Cc1ccccn1)Cc1ncc[nH]1)Cn1cccn1. The molecule has 9 heteroatoms. The van der Waals surface area contributed by atoms with Gasteiger partial charge in [-0.2, -0.15) is 5.10 Å². The molecule has 4 heterocycles. The zero-order chi connectivity index (χ0) is 21.3. The Morgan fingerprint density at radius 2 is 1.81 bits per heavy atom. The third-order valence-electron chi connectivity index (χ3n) is 5.18. The van der Waals surface area contributed by atoms with Crippen molar-refractivity contribution >= 4 is 0 Å². The van der Waals surface area contributed by atoms with Crippen LogP contribution in [0.3, 0.4) is 0 Å². The van der Waals surface area contributed by atoms with Crippen molar-refractivity contribution in [2.45, 2.75) is 32.7 Å². The van der Waals surface area contributed by atoms with Gasteiger partial charge < -0.3 is 9.55 Å². The summed E-state index contributed by atoms with van der Waals surface area (Å²) in [4.78, 5) is 21.4. The topological polar surface area (TPSA) is 83.7 Å². The van der Waals surface area contributed by atoms with Crippen molar-refractivity contribution in [1.82, 2.24) is 44.1 Å². The average molecular weight is 420 g/mol. The summed E-state index contributed by atoms with van der Waals surface area (Å²) in [6.45, 7) is 4.94. The number of hydrogen-bond donors (Lipinski definition) is 1. The van der Waals surface area contributed by atoms with Gasteiger partial charge in [0.25, 0.3) is 0 Å². The Morgan fingerprint density at radius 3 is 2.52 bits per heavy atom. The van der Waals surface area contributed by atoms with Crippen molar-refractivity contribution in [2.75, 3.05) is 13.1 Å². The van der Waals surface area contributed by atoms with Gasteiger partial charge in [-0.25, -0.2) is 9.97 Å². The Labute approximate surface area is 182 Å². The summed E-state index contributed by atoms with van der Waals surface area (Å²) >= 11 is 0. The number of hydrogen-bond acceptors (Lipinski definition) is 6. The molecule has 0 aliphatic carbocycles. The van der Waals surface area contributed by atoms with Crippen LogP contribution >= 0.6 is 0 Å². The highest BCUT2D eigenvalue weighted by atomic mass is 15.4. The van der Waals surface area contributed by atoms with E-state index in [2.05, 4.69) is 45.5 Å². The smallest absolute Gasteiger partial charge is 0.122 e. The van der Waals surface area contributed by atoms with E-state index in [-0.39, 0.29) is 0 Å². The summed E-state index contributed by atoms with van der Waals surface area (Å²) in [7, 11) is 2.03. The fourth-order valence-electron chi connectivity index (χ4n) is 3.59. The Balaban J connectivity index is 1.38. The number of H-pyrrole nitrogens is 1. The molecule has 0 amide bonds. The number of imidazole rings is 2. The highest BCUT2D eigenvalue weighted by molar-refractivity contribution is 5.03. The van der Waals surface area contributed by atoms with Crippen LogP contribution in [-0.2, 0) is 33.4 Å². The van der Waals surface area contributed by atoms with Gasteiger partial charge in [-0.05, 0) is 24.6 Å². The third kappa shape index (κ3) is 6.34. The van der Waals surface area contributed by atoms with E-state index in [1.165, 1.54) is 0 Å². The molecule has 162 valence electrons. The van der Waals surface area contributed by atoms with Gasteiger partial charge in [-0.3, -0.25) is 19.5 Å². The molecular weight excluding hydrogens is 390 g/mol. The molecule has 0 fully saturated rings. The van der Waals surface area contributed by atoms with Crippen molar-refractivity contribution < 1.29 is 0 Å². The Morgan fingerprint density at radius 1 is 0.871 bits per heavy atom. The number of aromatic amines is 1. The summed E-state index contributed by atoms with van der Waals surface area (Å²) in [6.07, 6.45) is 14.2. The number of aromatic nitrogens is 7. The van der Waals surface area contributed by atoms with Gasteiger partial charge in [-0.15, -0.1) is 0 Å². The third-order valence-corrected chi connectivity index (χ3v) is 5.18. The zero-order valence-corrected chi connectivity index (χ0v) is 17.9. The maximum atomic E-state index is 4.50. The molecule has 0 saturated heterocycles. The zero-order valence-electron chi connectivity index (χ0n) is 17.9. The van der Waals surface area contributed by atoms with Crippen LogP contribution in [0.15, 0.2) is 67.6 Å². The first kappa shape index (κ1) is 21.0. The van der Waals surface area contributed by atoms with E-state index in [9.17, 15) is 0 Å². The minimum atomic E-state index is 0.734. The van der Waals surface area contributed by atoms with Gasteiger partial charge in [0.15, 0.2) is 0 Å². The highest BCUT2D eigenvalue weighted by Crippen LogP contribution is 2.09. The lowest BCUT2D eigenvalue weighted by atomic mass is 10.3.